The van der Waals surface area contributed by atoms with Crippen molar-refractivity contribution in [1.82, 2.24) is 15.5 Å². The van der Waals surface area contributed by atoms with Gasteiger partial charge in [-0.2, -0.15) is 0 Å². The molecule has 3 aromatic rings. The van der Waals surface area contributed by atoms with Gasteiger partial charge in [0.05, 0.1) is 11.2 Å². The molecule has 0 spiro atoms. The molecule has 0 saturated carbocycles. The van der Waals surface area contributed by atoms with Crippen LogP contribution in [0.15, 0.2) is 41.1 Å². The highest BCUT2D eigenvalue weighted by Crippen LogP contribution is 2.22. The van der Waals surface area contributed by atoms with Crippen molar-refractivity contribution < 1.29 is 4.52 Å². The molecule has 0 amide bonds. The van der Waals surface area contributed by atoms with Crippen molar-refractivity contribution in [2.24, 2.45) is 0 Å². The molecule has 1 aromatic carbocycles. The molecule has 0 saturated heterocycles. The predicted octanol–water partition coefficient (Wildman–Crippen LogP) is 3.69. The molecular weight excluding hydrogens is 262 g/mol. The van der Waals surface area contributed by atoms with Crippen LogP contribution in [0.25, 0.3) is 10.9 Å². The number of nitrogens with one attached hydrogen (secondary N) is 1. The number of pyridine rings is 1. The molecule has 0 bridgehead atoms. The molecule has 2 heterocycles. The van der Waals surface area contributed by atoms with Crippen molar-refractivity contribution in [1.29, 1.82) is 0 Å². The van der Waals surface area contributed by atoms with E-state index in [2.05, 4.69) is 46.6 Å². The highest BCUT2D eigenvalue weighted by atomic mass is 16.5. The zero-order valence-electron chi connectivity index (χ0n) is 12.6. The number of fused-ring (bicyclic) bond motifs is 1. The van der Waals surface area contributed by atoms with Crippen molar-refractivity contribution in [3.63, 3.8) is 0 Å². The van der Waals surface area contributed by atoms with Crippen LogP contribution >= 0.6 is 0 Å². The van der Waals surface area contributed by atoms with Crippen LogP contribution in [0.3, 0.4) is 0 Å². The van der Waals surface area contributed by atoms with E-state index in [1.165, 1.54) is 10.9 Å². The number of nitrogens with zero attached hydrogens (tertiary/aromatic N) is 2. The maximum Gasteiger partial charge on any atom is 0.138 e. The molecule has 21 heavy (non-hydrogen) atoms. The topological polar surface area (TPSA) is 51.0 Å². The molecule has 0 aliphatic rings. The molecule has 4 nitrogen and oxygen atoms in total. The van der Waals surface area contributed by atoms with E-state index in [-0.39, 0.29) is 6.04 Å². The lowest BCUT2D eigenvalue weighted by atomic mass is 10.1. The third kappa shape index (κ3) is 2.67. The van der Waals surface area contributed by atoms with Gasteiger partial charge >= 0.3 is 0 Å². The molecule has 2 aromatic heterocycles. The first-order valence-electron chi connectivity index (χ1n) is 7.15. The summed E-state index contributed by atoms with van der Waals surface area (Å²) in [5, 5.41) is 8.72. The summed E-state index contributed by atoms with van der Waals surface area (Å²) in [6.45, 7) is 6.82. The van der Waals surface area contributed by atoms with E-state index in [9.17, 15) is 0 Å². The molecule has 0 fully saturated rings. The second-order valence-electron chi connectivity index (χ2n) is 5.33. The lowest BCUT2D eigenvalue weighted by molar-refractivity contribution is 0.390. The third-order valence-corrected chi connectivity index (χ3v) is 3.84. The lowest BCUT2D eigenvalue weighted by Crippen LogP contribution is -2.19. The minimum Gasteiger partial charge on any atom is -0.361 e. The van der Waals surface area contributed by atoms with Crippen LogP contribution in [0.4, 0.5) is 0 Å². The Labute approximate surface area is 124 Å². The van der Waals surface area contributed by atoms with Crippen molar-refractivity contribution in [2.45, 2.75) is 33.4 Å². The standard InChI is InChI=1S/C17H19N3O/c1-11(16-12(2)20-21-13(16)3)19-10-15-7-4-6-14-8-5-9-18-17(14)15/h4-9,11,19H,10H2,1-3H3. The van der Waals surface area contributed by atoms with Crippen LogP contribution < -0.4 is 5.32 Å². The van der Waals surface area contributed by atoms with Gasteiger partial charge in [0.15, 0.2) is 0 Å². The number of benzene rings is 1. The molecule has 0 aliphatic carbocycles. The van der Waals surface area contributed by atoms with Crippen molar-refractivity contribution in [3.05, 3.63) is 59.1 Å². The van der Waals surface area contributed by atoms with E-state index in [4.69, 9.17) is 4.52 Å². The van der Waals surface area contributed by atoms with Gasteiger partial charge in [-0.15, -0.1) is 0 Å². The summed E-state index contributed by atoms with van der Waals surface area (Å²) in [4.78, 5) is 4.49. The van der Waals surface area contributed by atoms with Crippen molar-refractivity contribution >= 4 is 10.9 Å². The largest absolute Gasteiger partial charge is 0.361 e. The van der Waals surface area contributed by atoms with E-state index in [0.29, 0.717) is 0 Å². The Morgan fingerprint density at radius 2 is 2.00 bits per heavy atom. The van der Waals surface area contributed by atoms with Crippen LogP contribution in [0.1, 0.15) is 35.5 Å². The number of rotatable bonds is 4. The third-order valence-electron chi connectivity index (χ3n) is 3.84. The summed E-state index contributed by atoms with van der Waals surface area (Å²) in [5.74, 6) is 0.878. The average molecular weight is 281 g/mol. The number of hydrogen-bond acceptors (Lipinski definition) is 4. The monoisotopic (exact) mass is 281 g/mol. The molecule has 1 atom stereocenters. The molecule has 1 N–H and O–H groups in total. The second-order valence-corrected chi connectivity index (χ2v) is 5.33. The van der Waals surface area contributed by atoms with E-state index >= 15 is 0 Å². The maximum atomic E-state index is 5.24. The van der Waals surface area contributed by atoms with Crippen LogP contribution in [-0.2, 0) is 6.54 Å². The quantitative estimate of drug-likeness (QED) is 0.792. The fraction of sp³-hybridized carbons (Fsp3) is 0.294. The normalized spacial score (nSPS) is 12.7. The van der Waals surface area contributed by atoms with Crippen molar-refractivity contribution in [2.75, 3.05) is 0 Å². The summed E-state index contributed by atoms with van der Waals surface area (Å²) in [5.41, 5.74) is 4.34. The number of para-hydroxylation sites is 1. The molecule has 1 unspecified atom stereocenters. The maximum absolute atomic E-state index is 5.24. The predicted molar refractivity (Wildman–Crippen MR) is 83.0 cm³/mol. The minimum absolute atomic E-state index is 0.190. The highest BCUT2D eigenvalue weighted by molar-refractivity contribution is 5.81. The van der Waals surface area contributed by atoms with Crippen LogP contribution in [0.5, 0.6) is 0 Å². The Morgan fingerprint density at radius 1 is 1.19 bits per heavy atom. The zero-order chi connectivity index (χ0) is 14.8. The van der Waals surface area contributed by atoms with E-state index in [1.54, 1.807) is 0 Å². The van der Waals surface area contributed by atoms with Gasteiger partial charge in [0.2, 0.25) is 0 Å². The number of hydrogen-bond donors (Lipinski definition) is 1. The molecule has 108 valence electrons. The summed E-state index contributed by atoms with van der Waals surface area (Å²) in [6.07, 6.45) is 1.84. The van der Waals surface area contributed by atoms with Gasteiger partial charge in [-0.3, -0.25) is 4.98 Å². The van der Waals surface area contributed by atoms with Gasteiger partial charge < -0.3 is 9.84 Å². The van der Waals surface area contributed by atoms with Gasteiger partial charge in [-0.25, -0.2) is 0 Å². The van der Waals surface area contributed by atoms with Crippen LogP contribution in [0.2, 0.25) is 0 Å². The molecular formula is C17H19N3O. The fourth-order valence-electron chi connectivity index (χ4n) is 2.78. The summed E-state index contributed by atoms with van der Waals surface area (Å²) in [6, 6.07) is 10.5. The molecule has 4 heteroatoms. The fourth-order valence-corrected chi connectivity index (χ4v) is 2.78. The van der Waals surface area contributed by atoms with Gasteiger partial charge in [-0.1, -0.05) is 29.4 Å². The number of aromatic nitrogens is 2. The first kappa shape index (κ1) is 13.8. The molecule has 3 rings (SSSR count). The van der Waals surface area contributed by atoms with E-state index in [1.807, 2.05) is 26.1 Å². The summed E-state index contributed by atoms with van der Waals surface area (Å²) < 4.78 is 5.24. The molecule has 0 radical (unpaired) electrons. The smallest absolute Gasteiger partial charge is 0.138 e. The Bertz CT molecular complexity index is 739. The number of aryl methyl sites for hydroxylation is 2. The van der Waals surface area contributed by atoms with Crippen molar-refractivity contribution in [3.8, 4) is 0 Å². The minimum atomic E-state index is 0.190. The van der Waals surface area contributed by atoms with Crippen LogP contribution in [-0.4, -0.2) is 10.1 Å². The van der Waals surface area contributed by atoms with Gasteiger partial charge in [0.1, 0.15) is 5.76 Å². The van der Waals surface area contributed by atoms with Gasteiger partial charge in [0, 0.05) is 29.7 Å². The Balaban J connectivity index is 1.81. The van der Waals surface area contributed by atoms with Gasteiger partial charge in [-0.05, 0) is 32.4 Å². The van der Waals surface area contributed by atoms with Crippen LogP contribution in [0, 0.1) is 13.8 Å². The first-order chi connectivity index (χ1) is 10.2. The van der Waals surface area contributed by atoms with Gasteiger partial charge in [0.25, 0.3) is 0 Å². The second kappa shape index (κ2) is 5.66. The first-order valence-corrected chi connectivity index (χ1v) is 7.15. The Morgan fingerprint density at radius 3 is 2.76 bits per heavy atom. The summed E-state index contributed by atoms with van der Waals surface area (Å²) >= 11 is 0. The Hall–Kier alpha value is -2.20. The Kier molecular flexibility index (Phi) is 3.71. The highest BCUT2D eigenvalue weighted by Gasteiger charge is 2.16. The molecule has 0 aliphatic heterocycles. The lowest BCUT2D eigenvalue weighted by Gasteiger charge is -2.14. The summed E-state index contributed by atoms with van der Waals surface area (Å²) in [7, 11) is 0. The zero-order valence-corrected chi connectivity index (χ0v) is 12.6. The SMILES string of the molecule is Cc1noc(C)c1C(C)NCc1cccc2cccnc12. The van der Waals surface area contributed by atoms with E-state index < -0.39 is 0 Å². The average Bonchev–Trinajstić information content (AvgIpc) is 2.84. The van der Waals surface area contributed by atoms with E-state index in [0.717, 1.165) is 29.1 Å².